The van der Waals surface area contributed by atoms with E-state index in [0.29, 0.717) is 31.2 Å². The highest BCUT2D eigenvalue weighted by atomic mass is 32.1. The van der Waals surface area contributed by atoms with Crippen LogP contribution < -0.4 is 10.6 Å². The molecule has 0 saturated carbocycles. The van der Waals surface area contributed by atoms with Crippen molar-refractivity contribution in [2.45, 2.75) is 6.42 Å². The molecule has 0 atom stereocenters. The summed E-state index contributed by atoms with van der Waals surface area (Å²) in [4.78, 5) is 15.8. The lowest BCUT2D eigenvalue weighted by Crippen LogP contribution is -2.28. The minimum absolute atomic E-state index is 0.0401. The Morgan fingerprint density at radius 2 is 2.30 bits per heavy atom. The molecule has 5 nitrogen and oxygen atoms in total. The molecular formula is C13H16FN3O2S. The standard InChI is InChI=1S/C13H16FN3O2S/c1-19-7-6-15-12(18)4-5-16-13-17-10-3-2-9(14)8-11(10)20-13/h2-3,8H,4-7H2,1H3,(H,15,18)(H,16,17). The van der Waals surface area contributed by atoms with E-state index in [-0.39, 0.29) is 11.7 Å². The molecule has 0 radical (unpaired) electrons. The number of carbonyl (C=O) groups excluding carboxylic acids is 1. The number of rotatable bonds is 7. The molecule has 20 heavy (non-hydrogen) atoms. The molecule has 1 aromatic heterocycles. The Kier molecular flexibility index (Phi) is 5.25. The highest BCUT2D eigenvalue weighted by Gasteiger charge is 2.05. The molecule has 0 aliphatic carbocycles. The number of benzene rings is 1. The molecule has 1 amide bonds. The van der Waals surface area contributed by atoms with Crippen LogP contribution in [0.1, 0.15) is 6.42 Å². The van der Waals surface area contributed by atoms with Gasteiger partial charge in [0.25, 0.3) is 0 Å². The molecular weight excluding hydrogens is 281 g/mol. The first-order valence-electron chi connectivity index (χ1n) is 6.24. The van der Waals surface area contributed by atoms with E-state index < -0.39 is 0 Å². The van der Waals surface area contributed by atoms with Crippen molar-refractivity contribution in [2.75, 3.05) is 32.1 Å². The third-order valence-corrected chi connectivity index (χ3v) is 3.58. The summed E-state index contributed by atoms with van der Waals surface area (Å²) < 4.78 is 18.7. The van der Waals surface area contributed by atoms with Gasteiger partial charge < -0.3 is 15.4 Å². The van der Waals surface area contributed by atoms with E-state index in [0.717, 1.165) is 10.2 Å². The smallest absolute Gasteiger partial charge is 0.221 e. The molecule has 0 aliphatic rings. The Morgan fingerprint density at radius 1 is 1.45 bits per heavy atom. The number of methoxy groups -OCH3 is 1. The van der Waals surface area contributed by atoms with E-state index in [4.69, 9.17) is 4.74 Å². The van der Waals surface area contributed by atoms with E-state index in [2.05, 4.69) is 15.6 Å². The van der Waals surface area contributed by atoms with Crippen molar-refractivity contribution >= 4 is 32.6 Å². The molecule has 0 unspecified atom stereocenters. The number of amides is 1. The lowest BCUT2D eigenvalue weighted by atomic mass is 10.3. The zero-order chi connectivity index (χ0) is 14.4. The number of anilines is 1. The Morgan fingerprint density at radius 3 is 3.10 bits per heavy atom. The van der Waals surface area contributed by atoms with E-state index in [1.54, 1.807) is 13.2 Å². The first-order valence-corrected chi connectivity index (χ1v) is 7.06. The molecule has 7 heteroatoms. The highest BCUT2D eigenvalue weighted by Crippen LogP contribution is 2.26. The molecule has 2 rings (SSSR count). The van der Waals surface area contributed by atoms with E-state index in [1.165, 1.54) is 23.5 Å². The number of ether oxygens (including phenoxy) is 1. The molecule has 2 aromatic rings. The van der Waals surface area contributed by atoms with Crippen LogP contribution in [0.3, 0.4) is 0 Å². The maximum Gasteiger partial charge on any atom is 0.221 e. The van der Waals surface area contributed by atoms with Crippen molar-refractivity contribution in [1.29, 1.82) is 0 Å². The molecule has 1 aromatic carbocycles. The van der Waals surface area contributed by atoms with Crippen LogP contribution in [-0.2, 0) is 9.53 Å². The SMILES string of the molecule is COCCNC(=O)CCNc1nc2ccc(F)cc2s1. The Hall–Kier alpha value is -1.73. The second-order valence-corrected chi connectivity index (χ2v) is 5.18. The Balaban J connectivity index is 1.79. The van der Waals surface area contributed by atoms with Crippen LogP contribution >= 0.6 is 11.3 Å². The average Bonchev–Trinajstić information content (AvgIpc) is 2.81. The average molecular weight is 297 g/mol. The number of nitrogens with zero attached hydrogens (tertiary/aromatic N) is 1. The number of hydrogen-bond acceptors (Lipinski definition) is 5. The highest BCUT2D eigenvalue weighted by molar-refractivity contribution is 7.22. The fourth-order valence-corrected chi connectivity index (χ4v) is 2.55. The van der Waals surface area contributed by atoms with Gasteiger partial charge in [-0.05, 0) is 18.2 Å². The van der Waals surface area contributed by atoms with Crippen molar-refractivity contribution in [3.8, 4) is 0 Å². The Labute approximate surface area is 120 Å². The summed E-state index contributed by atoms with van der Waals surface area (Å²) in [5, 5.41) is 6.49. The number of carbonyl (C=O) groups is 1. The van der Waals surface area contributed by atoms with E-state index in [9.17, 15) is 9.18 Å². The predicted molar refractivity (Wildman–Crippen MR) is 77.6 cm³/mol. The van der Waals surface area contributed by atoms with Gasteiger partial charge in [-0.1, -0.05) is 11.3 Å². The lowest BCUT2D eigenvalue weighted by Gasteiger charge is -2.04. The monoisotopic (exact) mass is 297 g/mol. The molecule has 2 N–H and O–H groups in total. The van der Waals surface area contributed by atoms with Crippen LogP contribution in [0.25, 0.3) is 10.2 Å². The number of aromatic nitrogens is 1. The van der Waals surface area contributed by atoms with E-state index >= 15 is 0 Å². The third kappa shape index (κ3) is 4.14. The van der Waals surface area contributed by atoms with Crippen molar-refractivity contribution in [2.24, 2.45) is 0 Å². The summed E-state index contributed by atoms with van der Waals surface area (Å²) in [7, 11) is 1.59. The molecule has 0 saturated heterocycles. The van der Waals surface area contributed by atoms with Gasteiger partial charge >= 0.3 is 0 Å². The first kappa shape index (κ1) is 14.7. The maximum absolute atomic E-state index is 13.0. The van der Waals surface area contributed by atoms with Crippen molar-refractivity contribution in [3.63, 3.8) is 0 Å². The second-order valence-electron chi connectivity index (χ2n) is 4.15. The van der Waals surface area contributed by atoms with Crippen LogP contribution in [0.15, 0.2) is 18.2 Å². The van der Waals surface area contributed by atoms with Gasteiger partial charge in [-0.25, -0.2) is 9.37 Å². The number of nitrogens with one attached hydrogen (secondary N) is 2. The van der Waals surface area contributed by atoms with Gasteiger partial charge in [0.05, 0.1) is 16.8 Å². The van der Waals surface area contributed by atoms with Gasteiger partial charge in [0.2, 0.25) is 5.91 Å². The fraction of sp³-hybridized carbons (Fsp3) is 0.385. The maximum atomic E-state index is 13.0. The van der Waals surface area contributed by atoms with Gasteiger partial charge in [-0.3, -0.25) is 4.79 Å². The van der Waals surface area contributed by atoms with Gasteiger partial charge in [-0.15, -0.1) is 0 Å². The van der Waals surface area contributed by atoms with Crippen LogP contribution in [0.2, 0.25) is 0 Å². The summed E-state index contributed by atoms with van der Waals surface area (Å²) in [5.41, 5.74) is 0.753. The molecule has 1 heterocycles. The molecule has 0 bridgehead atoms. The largest absolute Gasteiger partial charge is 0.383 e. The predicted octanol–water partition coefficient (Wildman–Crippen LogP) is 2.00. The number of halogens is 1. The number of fused-ring (bicyclic) bond motifs is 1. The van der Waals surface area contributed by atoms with Crippen molar-refractivity contribution < 1.29 is 13.9 Å². The van der Waals surface area contributed by atoms with Gasteiger partial charge in [0.1, 0.15) is 5.82 Å². The minimum atomic E-state index is -0.273. The summed E-state index contributed by atoms with van der Waals surface area (Å²) >= 11 is 1.37. The van der Waals surface area contributed by atoms with Gasteiger partial charge in [0.15, 0.2) is 5.13 Å². The van der Waals surface area contributed by atoms with Crippen LogP contribution in [0, 0.1) is 5.82 Å². The Bertz CT molecular complexity index is 588. The second kappa shape index (κ2) is 7.16. The summed E-state index contributed by atoms with van der Waals surface area (Å²) in [5.74, 6) is -0.313. The van der Waals surface area contributed by atoms with Crippen LogP contribution in [0.5, 0.6) is 0 Å². The quantitative estimate of drug-likeness (QED) is 0.767. The fourth-order valence-electron chi connectivity index (χ4n) is 1.64. The number of thiazole rings is 1. The molecule has 0 aliphatic heterocycles. The zero-order valence-electron chi connectivity index (χ0n) is 11.1. The minimum Gasteiger partial charge on any atom is -0.383 e. The molecule has 108 valence electrons. The lowest BCUT2D eigenvalue weighted by molar-refractivity contribution is -0.121. The molecule has 0 fully saturated rings. The summed E-state index contributed by atoms with van der Waals surface area (Å²) in [6, 6.07) is 4.48. The number of hydrogen-bond donors (Lipinski definition) is 2. The normalized spacial score (nSPS) is 10.7. The van der Waals surface area contributed by atoms with Crippen LogP contribution in [-0.4, -0.2) is 37.7 Å². The van der Waals surface area contributed by atoms with Gasteiger partial charge in [-0.2, -0.15) is 0 Å². The first-order chi connectivity index (χ1) is 9.69. The topological polar surface area (TPSA) is 63.2 Å². The third-order valence-electron chi connectivity index (χ3n) is 2.61. The van der Waals surface area contributed by atoms with Crippen molar-refractivity contribution in [3.05, 3.63) is 24.0 Å². The summed E-state index contributed by atoms with van der Waals surface area (Å²) in [6.45, 7) is 1.50. The zero-order valence-corrected chi connectivity index (χ0v) is 11.9. The van der Waals surface area contributed by atoms with Crippen LogP contribution in [0.4, 0.5) is 9.52 Å². The summed E-state index contributed by atoms with van der Waals surface area (Å²) in [6.07, 6.45) is 0.355. The van der Waals surface area contributed by atoms with E-state index in [1.807, 2.05) is 0 Å². The molecule has 0 spiro atoms. The van der Waals surface area contributed by atoms with Gasteiger partial charge in [0, 0.05) is 26.6 Å². The van der Waals surface area contributed by atoms with Crippen molar-refractivity contribution in [1.82, 2.24) is 10.3 Å².